The molecule has 1 aromatic carbocycles. The quantitative estimate of drug-likeness (QED) is 0.898. The first-order valence-corrected chi connectivity index (χ1v) is 5.90. The number of methoxy groups -OCH3 is 1. The molecule has 1 unspecified atom stereocenters. The zero-order valence-electron chi connectivity index (χ0n) is 10.8. The van der Waals surface area contributed by atoms with E-state index in [1.54, 1.807) is 7.11 Å². The lowest BCUT2D eigenvalue weighted by atomic mass is 10.1. The van der Waals surface area contributed by atoms with Crippen molar-refractivity contribution in [2.45, 2.75) is 26.3 Å². The van der Waals surface area contributed by atoms with Gasteiger partial charge in [-0.05, 0) is 25.5 Å². The highest BCUT2D eigenvalue weighted by molar-refractivity contribution is 5.63. The molecule has 18 heavy (non-hydrogen) atoms. The second kappa shape index (κ2) is 5.18. The van der Waals surface area contributed by atoms with Crippen LogP contribution in [0.1, 0.15) is 30.8 Å². The van der Waals surface area contributed by atoms with Crippen LogP contribution in [-0.2, 0) is 0 Å². The average Bonchev–Trinajstić information content (AvgIpc) is 2.87. The molecule has 5 nitrogen and oxygen atoms in total. The first kappa shape index (κ1) is 12.6. The summed E-state index contributed by atoms with van der Waals surface area (Å²) < 4.78 is 10.5. The van der Waals surface area contributed by atoms with E-state index in [1.807, 2.05) is 32.0 Å². The number of hydrogen-bond donors (Lipinski definition) is 1. The van der Waals surface area contributed by atoms with Crippen LogP contribution >= 0.6 is 0 Å². The average molecular weight is 247 g/mol. The number of ether oxygens (including phenoxy) is 1. The molecule has 2 N–H and O–H groups in total. The molecule has 0 saturated heterocycles. The van der Waals surface area contributed by atoms with Crippen LogP contribution in [0, 0.1) is 6.92 Å². The summed E-state index contributed by atoms with van der Waals surface area (Å²) in [6.45, 7) is 3.98. The Balaban J connectivity index is 2.42. The van der Waals surface area contributed by atoms with E-state index in [4.69, 9.17) is 15.0 Å². The molecule has 0 saturated carbocycles. The first-order chi connectivity index (χ1) is 8.65. The third kappa shape index (κ3) is 2.36. The second-order valence-electron chi connectivity index (χ2n) is 4.18. The van der Waals surface area contributed by atoms with Crippen LogP contribution < -0.4 is 10.5 Å². The number of nitrogens with zero attached hydrogens (tertiary/aromatic N) is 2. The summed E-state index contributed by atoms with van der Waals surface area (Å²) >= 11 is 0. The molecule has 96 valence electrons. The smallest absolute Gasteiger partial charge is 0.261 e. The first-order valence-electron chi connectivity index (χ1n) is 5.90. The van der Waals surface area contributed by atoms with Crippen molar-refractivity contribution >= 4 is 0 Å². The number of hydrogen-bond acceptors (Lipinski definition) is 5. The van der Waals surface area contributed by atoms with Gasteiger partial charge in [0, 0.05) is 0 Å². The molecule has 0 aliphatic carbocycles. The molecule has 0 aliphatic heterocycles. The van der Waals surface area contributed by atoms with Crippen LogP contribution in [0.15, 0.2) is 22.7 Å². The van der Waals surface area contributed by atoms with Gasteiger partial charge in [0.2, 0.25) is 0 Å². The van der Waals surface area contributed by atoms with Crippen LogP contribution in [0.5, 0.6) is 5.75 Å². The van der Waals surface area contributed by atoms with Gasteiger partial charge in [-0.15, -0.1) is 0 Å². The number of aromatic nitrogens is 2. The third-order valence-electron chi connectivity index (χ3n) is 2.80. The second-order valence-corrected chi connectivity index (χ2v) is 4.18. The summed E-state index contributed by atoms with van der Waals surface area (Å²) in [6.07, 6.45) is 0.768. The lowest BCUT2D eigenvalue weighted by Gasteiger charge is -2.05. The molecule has 2 rings (SSSR count). The van der Waals surface area contributed by atoms with Crippen molar-refractivity contribution in [3.8, 4) is 17.2 Å². The van der Waals surface area contributed by atoms with Crippen molar-refractivity contribution in [2.24, 2.45) is 5.73 Å². The van der Waals surface area contributed by atoms with Gasteiger partial charge in [0.25, 0.3) is 5.89 Å². The predicted molar refractivity (Wildman–Crippen MR) is 68.2 cm³/mol. The van der Waals surface area contributed by atoms with Crippen molar-refractivity contribution in [1.82, 2.24) is 10.1 Å². The van der Waals surface area contributed by atoms with Crippen molar-refractivity contribution < 1.29 is 9.26 Å². The zero-order valence-corrected chi connectivity index (χ0v) is 10.8. The van der Waals surface area contributed by atoms with Crippen molar-refractivity contribution in [2.75, 3.05) is 7.11 Å². The third-order valence-corrected chi connectivity index (χ3v) is 2.80. The SMILES string of the molecule is CCC(N)c1noc(-c2cc(C)ccc2OC)n1. The molecule has 1 atom stereocenters. The molecular weight excluding hydrogens is 230 g/mol. The Labute approximate surface area is 106 Å². The van der Waals surface area contributed by atoms with Gasteiger partial charge in [0.15, 0.2) is 5.82 Å². The summed E-state index contributed by atoms with van der Waals surface area (Å²) in [7, 11) is 1.61. The fraction of sp³-hybridized carbons (Fsp3) is 0.385. The minimum atomic E-state index is -0.196. The van der Waals surface area contributed by atoms with E-state index in [9.17, 15) is 0 Å². The molecular formula is C13H17N3O2. The number of benzene rings is 1. The lowest BCUT2D eigenvalue weighted by molar-refractivity contribution is 0.400. The van der Waals surface area contributed by atoms with Gasteiger partial charge in [0.05, 0.1) is 18.7 Å². The molecule has 2 aromatic rings. The Bertz CT molecular complexity index is 537. The highest BCUT2D eigenvalue weighted by Crippen LogP contribution is 2.30. The number of nitrogens with two attached hydrogens (primary N) is 1. The Morgan fingerprint density at radius 2 is 2.22 bits per heavy atom. The zero-order chi connectivity index (χ0) is 13.1. The summed E-state index contributed by atoms with van der Waals surface area (Å²) in [5.41, 5.74) is 7.76. The van der Waals surface area contributed by atoms with Crippen LogP contribution in [0.3, 0.4) is 0 Å². The van der Waals surface area contributed by atoms with Gasteiger partial charge in [-0.1, -0.05) is 23.7 Å². The molecule has 0 bridgehead atoms. The van der Waals surface area contributed by atoms with Gasteiger partial charge in [-0.25, -0.2) is 0 Å². The topological polar surface area (TPSA) is 74.2 Å². The standard InChI is InChI=1S/C13H17N3O2/c1-4-10(14)12-15-13(18-16-12)9-7-8(2)5-6-11(9)17-3/h5-7,10H,4,14H2,1-3H3. The van der Waals surface area contributed by atoms with Crippen LogP contribution in [0.4, 0.5) is 0 Å². The molecule has 0 spiro atoms. The maximum atomic E-state index is 5.87. The van der Waals surface area contributed by atoms with Crippen LogP contribution in [0.2, 0.25) is 0 Å². The van der Waals surface area contributed by atoms with Gasteiger partial charge in [-0.3, -0.25) is 0 Å². The van der Waals surface area contributed by atoms with Gasteiger partial charge in [-0.2, -0.15) is 4.98 Å². The molecule has 5 heteroatoms. The minimum Gasteiger partial charge on any atom is -0.496 e. The van der Waals surface area contributed by atoms with Crippen molar-refractivity contribution in [3.05, 3.63) is 29.6 Å². The van der Waals surface area contributed by atoms with Gasteiger partial charge in [0.1, 0.15) is 5.75 Å². The highest BCUT2D eigenvalue weighted by Gasteiger charge is 2.16. The van der Waals surface area contributed by atoms with E-state index < -0.39 is 0 Å². The number of rotatable bonds is 4. The Kier molecular flexibility index (Phi) is 3.62. The van der Waals surface area contributed by atoms with Crippen molar-refractivity contribution in [3.63, 3.8) is 0 Å². The van der Waals surface area contributed by atoms with Crippen LogP contribution in [0.25, 0.3) is 11.5 Å². The summed E-state index contributed by atoms with van der Waals surface area (Å²) in [5.74, 6) is 1.67. The Hall–Kier alpha value is -1.88. The summed E-state index contributed by atoms with van der Waals surface area (Å²) in [6, 6.07) is 5.61. The Morgan fingerprint density at radius 1 is 1.44 bits per heavy atom. The fourth-order valence-corrected chi connectivity index (χ4v) is 1.67. The van der Waals surface area contributed by atoms with E-state index in [1.165, 1.54) is 0 Å². The van der Waals surface area contributed by atoms with E-state index in [0.29, 0.717) is 17.5 Å². The van der Waals surface area contributed by atoms with E-state index in [2.05, 4.69) is 10.1 Å². The van der Waals surface area contributed by atoms with E-state index >= 15 is 0 Å². The minimum absolute atomic E-state index is 0.196. The van der Waals surface area contributed by atoms with Crippen molar-refractivity contribution in [1.29, 1.82) is 0 Å². The summed E-state index contributed by atoms with van der Waals surface area (Å²) in [5, 5.41) is 3.90. The molecule has 0 aliphatic rings. The maximum Gasteiger partial charge on any atom is 0.261 e. The molecule has 0 amide bonds. The highest BCUT2D eigenvalue weighted by atomic mass is 16.5. The molecule has 0 fully saturated rings. The molecule has 1 aromatic heterocycles. The van der Waals surface area contributed by atoms with Gasteiger partial charge >= 0.3 is 0 Å². The van der Waals surface area contributed by atoms with Crippen LogP contribution in [-0.4, -0.2) is 17.3 Å². The molecule has 1 heterocycles. The van der Waals surface area contributed by atoms with Gasteiger partial charge < -0.3 is 15.0 Å². The molecule has 0 radical (unpaired) electrons. The summed E-state index contributed by atoms with van der Waals surface area (Å²) in [4.78, 5) is 4.32. The number of aryl methyl sites for hydroxylation is 1. The maximum absolute atomic E-state index is 5.87. The fourth-order valence-electron chi connectivity index (χ4n) is 1.67. The normalized spacial score (nSPS) is 12.4. The monoisotopic (exact) mass is 247 g/mol. The predicted octanol–water partition coefficient (Wildman–Crippen LogP) is 2.46. The lowest BCUT2D eigenvalue weighted by Crippen LogP contribution is -2.10. The Morgan fingerprint density at radius 3 is 2.89 bits per heavy atom. The van der Waals surface area contributed by atoms with E-state index in [0.717, 1.165) is 17.5 Å². The largest absolute Gasteiger partial charge is 0.496 e. The van der Waals surface area contributed by atoms with E-state index in [-0.39, 0.29) is 6.04 Å².